The fourth-order valence-corrected chi connectivity index (χ4v) is 3.08. The van der Waals surface area contributed by atoms with Crippen molar-refractivity contribution in [1.29, 1.82) is 0 Å². The molecule has 1 atom stereocenters. The van der Waals surface area contributed by atoms with Gasteiger partial charge in [0.1, 0.15) is 0 Å². The van der Waals surface area contributed by atoms with Crippen molar-refractivity contribution in [1.82, 2.24) is 10.2 Å². The predicted molar refractivity (Wildman–Crippen MR) is 87.6 cm³/mol. The summed E-state index contributed by atoms with van der Waals surface area (Å²) in [5.74, 6) is 0. The molecule has 2 rings (SSSR count). The summed E-state index contributed by atoms with van der Waals surface area (Å²) in [6.07, 6.45) is 3.91. The number of benzene rings is 1. The molecule has 0 radical (unpaired) electrons. The molecule has 4 heteroatoms. The van der Waals surface area contributed by atoms with Crippen molar-refractivity contribution >= 4 is 23.2 Å². The van der Waals surface area contributed by atoms with Crippen LogP contribution in [-0.2, 0) is 6.54 Å². The number of nitrogens with zero attached hydrogens (tertiary/aromatic N) is 1. The largest absolute Gasteiger partial charge is 0.313 e. The Bertz CT molecular complexity index is 428. The van der Waals surface area contributed by atoms with Crippen LogP contribution in [0.25, 0.3) is 0 Å². The monoisotopic (exact) mass is 314 g/mol. The lowest BCUT2D eigenvalue weighted by molar-refractivity contribution is 0.177. The Morgan fingerprint density at radius 1 is 1.30 bits per heavy atom. The van der Waals surface area contributed by atoms with Crippen LogP contribution in [0.3, 0.4) is 0 Å². The maximum Gasteiger partial charge on any atom is 0.0452 e. The van der Waals surface area contributed by atoms with Gasteiger partial charge in [-0.3, -0.25) is 4.90 Å². The third kappa shape index (κ3) is 4.63. The van der Waals surface area contributed by atoms with Gasteiger partial charge in [-0.05, 0) is 57.0 Å². The highest BCUT2D eigenvalue weighted by Gasteiger charge is 2.19. The van der Waals surface area contributed by atoms with E-state index in [1.807, 2.05) is 18.2 Å². The van der Waals surface area contributed by atoms with E-state index in [-0.39, 0.29) is 0 Å². The topological polar surface area (TPSA) is 15.3 Å². The van der Waals surface area contributed by atoms with E-state index < -0.39 is 0 Å². The highest BCUT2D eigenvalue weighted by Crippen LogP contribution is 2.23. The zero-order valence-corrected chi connectivity index (χ0v) is 13.8. The fourth-order valence-electron chi connectivity index (χ4n) is 2.70. The minimum Gasteiger partial charge on any atom is -0.313 e. The third-order valence-electron chi connectivity index (χ3n) is 3.98. The average molecular weight is 315 g/mol. The second kappa shape index (κ2) is 7.65. The third-order valence-corrected chi connectivity index (χ3v) is 4.58. The second-order valence-corrected chi connectivity index (χ2v) is 6.75. The van der Waals surface area contributed by atoms with E-state index in [4.69, 9.17) is 23.2 Å². The summed E-state index contributed by atoms with van der Waals surface area (Å²) in [5, 5.41) is 5.17. The van der Waals surface area contributed by atoms with E-state index in [0.717, 1.165) is 35.2 Å². The molecule has 0 amide bonds. The van der Waals surface area contributed by atoms with Gasteiger partial charge in [-0.2, -0.15) is 0 Å². The maximum atomic E-state index is 6.29. The first-order valence-corrected chi connectivity index (χ1v) is 8.23. The molecule has 1 N–H and O–H groups in total. The first kappa shape index (κ1) is 16.1. The van der Waals surface area contributed by atoms with Gasteiger partial charge in [0.2, 0.25) is 0 Å². The Balaban J connectivity index is 2.02. The predicted octanol–water partition coefficient (Wildman–Crippen LogP) is 4.35. The van der Waals surface area contributed by atoms with E-state index in [2.05, 4.69) is 24.1 Å². The lowest BCUT2D eigenvalue weighted by Crippen LogP contribution is -2.45. The van der Waals surface area contributed by atoms with Crippen LogP contribution < -0.4 is 5.32 Å². The smallest absolute Gasteiger partial charge is 0.0452 e. The number of nitrogens with one attached hydrogen (secondary N) is 1. The molecule has 2 nitrogen and oxygen atoms in total. The number of hydrogen-bond donors (Lipinski definition) is 1. The molecule has 1 aromatic carbocycles. The molecule has 1 aliphatic heterocycles. The standard InChI is InChI=1S/C16H24Cl2N2/c1-12(2)20(11-15-5-3-4-8-19-15)10-13-9-14(17)6-7-16(13)18/h6-7,9,12,15,19H,3-5,8,10-11H2,1-2H3. The van der Waals surface area contributed by atoms with Gasteiger partial charge in [0, 0.05) is 35.2 Å². The first-order valence-electron chi connectivity index (χ1n) is 7.47. The summed E-state index contributed by atoms with van der Waals surface area (Å²) >= 11 is 12.4. The minimum absolute atomic E-state index is 0.494. The van der Waals surface area contributed by atoms with Gasteiger partial charge in [0.15, 0.2) is 0 Å². The normalized spacial score (nSPS) is 19.8. The maximum absolute atomic E-state index is 6.29. The van der Waals surface area contributed by atoms with E-state index in [1.165, 1.54) is 19.3 Å². The molecule has 0 spiro atoms. The molecule has 1 aliphatic rings. The Labute approximate surface area is 132 Å². The Morgan fingerprint density at radius 2 is 2.10 bits per heavy atom. The molecule has 1 aromatic rings. The summed E-state index contributed by atoms with van der Waals surface area (Å²) in [5.41, 5.74) is 1.11. The average Bonchev–Trinajstić information content (AvgIpc) is 2.43. The van der Waals surface area contributed by atoms with Crippen LogP contribution in [0, 0.1) is 0 Å². The quantitative estimate of drug-likeness (QED) is 0.869. The SMILES string of the molecule is CC(C)N(Cc1cc(Cl)ccc1Cl)CC1CCCCN1. The van der Waals surface area contributed by atoms with E-state index in [0.29, 0.717) is 12.1 Å². The zero-order valence-electron chi connectivity index (χ0n) is 12.3. The van der Waals surface area contributed by atoms with Crippen molar-refractivity contribution in [3.8, 4) is 0 Å². The van der Waals surface area contributed by atoms with Gasteiger partial charge in [-0.1, -0.05) is 29.6 Å². The van der Waals surface area contributed by atoms with Crippen molar-refractivity contribution < 1.29 is 0 Å². The van der Waals surface area contributed by atoms with Gasteiger partial charge in [-0.25, -0.2) is 0 Å². The first-order chi connectivity index (χ1) is 9.56. The Kier molecular flexibility index (Phi) is 6.16. The van der Waals surface area contributed by atoms with Crippen LogP contribution in [0.2, 0.25) is 10.0 Å². The number of piperidine rings is 1. The molecule has 1 unspecified atom stereocenters. The summed E-state index contributed by atoms with van der Waals surface area (Å²) < 4.78 is 0. The zero-order chi connectivity index (χ0) is 14.5. The van der Waals surface area contributed by atoms with E-state index in [1.54, 1.807) is 0 Å². The molecule has 112 valence electrons. The molecular weight excluding hydrogens is 291 g/mol. The van der Waals surface area contributed by atoms with E-state index in [9.17, 15) is 0 Å². The van der Waals surface area contributed by atoms with Gasteiger partial charge in [-0.15, -0.1) is 0 Å². The van der Waals surface area contributed by atoms with Crippen molar-refractivity contribution in [3.63, 3.8) is 0 Å². The molecule has 1 heterocycles. The highest BCUT2D eigenvalue weighted by atomic mass is 35.5. The van der Waals surface area contributed by atoms with Crippen LogP contribution in [0.5, 0.6) is 0 Å². The van der Waals surface area contributed by atoms with Crippen LogP contribution in [0.4, 0.5) is 0 Å². The molecule has 1 fully saturated rings. The second-order valence-electron chi connectivity index (χ2n) is 5.91. The summed E-state index contributed by atoms with van der Waals surface area (Å²) in [6.45, 7) is 7.55. The Hall–Kier alpha value is -0.280. The summed E-state index contributed by atoms with van der Waals surface area (Å²) in [6, 6.07) is 6.80. The molecule has 0 aromatic heterocycles. The van der Waals surface area contributed by atoms with Crippen molar-refractivity contribution in [2.24, 2.45) is 0 Å². The van der Waals surface area contributed by atoms with Crippen molar-refractivity contribution in [2.45, 2.75) is 51.7 Å². The lowest BCUT2D eigenvalue weighted by Gasteiger charge is -2.33. The van der Waals surface area contributed by atoms with Crippen LogP contribution in [-0.4, -0.2) is 30.1 Å². The molecule has 0 saturated carbocycles. The molecule has 0 aliphatic carbocycles. The number of rotatable bonds is 5. The van der Waals surface area contributed by atoms with Crippen LogP contribution in [0.15, 0.2) is 18.2 Å². The van der Waals surface area contributed by atoms with Crippen LogP contribution in [0.1, 0.15) is 38.7 Å². The van der Waals surface area contributed by atoms with Crippen molar-refractivity contribution in [2.75, 3.05) is 13.1 Å². The van der Waals surface area contributed by atoms with Gasteiger partial charge < -0.3 is 5.32 Å². The number of hydrogen-bond acceptors (Lipinski definition) is 2. The van der Waals surface area contributed by atoms with E-state index >= 15 is 0 Å². The van der Waals surface area contributed by atoms with Gasteiger partial charge in [0.05, 0.1) is 0 Å². The van der Waals surface area contributed by atoms with Gasteiger partial charge in [0.25, 0.3) is 0 Å². The minimum atomic E-state index is 0.494. The molecule has 1 saturated heterocycles. The summed E-state index contributed by atoms with van der Waals surface area (Å²) in [7, 11) is 0. The van der Waals surface area contributed by atoms with Crippen LogP contribution >= 0.6 is 23.2 Å². The molecule has 0 bridgehead atoms. The highest BCUT2D eigenvalue weighted by molar-refractivity contribution is 6.33. The lowest BCUT2D eigenvalue weighted by atomic mass is 10.0. The van der Waals surface area contributed by atoms with Gasteiger partial charge >= 0.3 is 0 Å². The van der Waals surface area contributed by atoms with Crippen molar-refractivity contribution in [3.05, 3.63) is 33.8 Å². The summed E-state index contributed by atoms with van der Waals surface area (Å²) in [4.78, 5) is 2.47. The number of halogens is 2. The molecule has 20 heavy (non-hydrogen) atoms. The Morgan fingerprint density at radius 3 is 2.75 bits per heavy atom. The molecular formula is C16H24Cl2N2. The fraction of sp³-hybridized carbons (Fsp3) is 0.625.